The number of ether oxygens (including phenoxy) is 1. The van der Waals surface area contributed by atoms with Crippen LogP contribution in [0.25, 0.3) is 0 Å². The molecule has 1 saturated carbocycles. The number of sulfonamides is 1. The Morgan fingerprint density at radius 3 is 2.40 bits per heavy atom. The van der Waals surface area contributed by atoms with E-state index < -0.39 is 28.5 Å². The van der Waals surface area contributed by atoms with Crippen molar-refractivity contribution >= 4 is 22.0 Å². The number of carbonyl (C=O) groups excluding carboxylic acids is 1. The van der Waals surface area contributed by atoms with Crippen LogP contribution < -0.4 is 0 Å². The second-order valence-electron chi connectivity index (χ2n) is 4.87. The van der Waals surface area contributed by atoms with Gasteiger partial charge in [0.1, 0.15) is 6.54 Å². The zero-order valence-corrected chi connectivity index (χ0v) is 12.4. The van der Waals surface area contributed by atoms with Gasteiger partial charge < -0.3 is 9.84 Å². The van der Waals surface area contributed by atoms with Crippen molar-refractivity contribution in [3.63, 3.8) is 0 Å². The van der Waals surface area contributed by atoms with Gasteiger partial charge in [0.2, 0.25) is 10.0 Å². The van der Waals surface area contributed by atoms with Gasteiger partial charge in [0, 0.05) is 12.5 Å². The third-order valence-electron chi connectivity index (χ3n) is 3.39. The summed E-state index contributed by atoms with van der Waals surface area (Å²) in [6.07, 6.45) is 3.38. The first-order valence-corrected chi connectivity index (χ1v) is 8.26. The first-order chi connectivity index (χ1) is 9.36. The van der Waals surface area contributed by atoms with Crippen LogP contribution >= 0.6 is 0 Å². The molecular formula is C12H21NO6S. The van der Waals surface area contributed by atoms with Crippen LogP contribution in [0.15, 0.2) is 0 Å². The van der Waals surface area contributed by atoms with Crippen molar-refractivity contribution in [3.05, 3.63) is 0 Å². The average molecular weight is 307 g/mol. The number of nitrogens with zero attached hydrogens (tertiary/aromatic N) is 1. The normalized spacial score (nSPS) is 16.5. The van der Waals surface area contributed by atoms with E-state index in [0.29, 0.717) is 12.8 Å². The number of methoxy groups -OCH3 is 1. The molecule has 0 amide bonds. The maximum Gasteiger partial charge on any atom is 0.318 e. The Labute approximate surface area is 118 Å². The van der Waals surface area contributed by atoms with E-state index in [2.05, 4.69) is 4.74 Å². The molecule has 0 heterocycles. The van der Waals surface area contributed by atoms with Crippen LogP contribution in [0.5, 0.6) is 0 Å². The van der Waals surface area contributed by atoms with Crippen molar-refractivity contribution in [3.8, 4) is 0 Å². The monoisotopic (exact) mass is 307 g/mol. The zero-order chi connectivity index (χ0) is 15.2. The fourth-order valence-electron chi connectivity index (χ4n) is 2.40. The van der Waals surface area contributed by atoms with E-state index in [0.717, 1.165) is 17.1 Å². The third-order valence-corrected chi connectivity index (χ3v) is 5.34. The minimum absolute atomic E-state index is 0.0152. The van der Waals surface area contributed by atoms with Crippen molar-refractivity contribution in [2.24, 2.45) is 0 Å². The summed E-state index contributed by atoms with van der Waals surface area (Å²) in [6.45, 7) is -0.509. The van der Waals surface area contributed by atoms with Gasteiger partial charge in [0.05, 0.1) is 12.9 Å². The van der Waals surface area contributed by atoms with Crippen molar-refractivity contribution in [1.82, 2.24) is 4.31 Å². The number of hydrogen-bond acceptors (Lipinski definition) is 5. The first-order valence-electron chi connectivity index (χ1n) is 6.65. The topological polar surface area (TPSA) is 101 Å². The fraction of sp³-hybridized carbons (Fsp3) is 0.833. The molecule has 0 aromatic heterocycles. The number of aliphatic carboxylic acids is 1. The fourth-order valence-corrected chi connectivity index (χ4v) is 4.11. The first kappa shape index (κ1) is 16.9. The van der Waals surface area contributed by atoms with Gasteiger partial charge in [-0.2, -0.15) is 4.31 Å². The Morgan fingerprint density at radius 2 is 1.90 bits per heavy atom. The second-order valence-corrected chi connectivity index (χ2v) is 6.91. The summed E-state index contributed by atoms with van der Waals surface area (Å²) in [7, 11) is -2.42. The smallest absolute Gasteiger partial charge is 0.318 e. The number of carboxylic acids is 1. The van der Waals surface area contributed by atoms with E-state index in [9.17, 15) is 18.0 Å². The second kappa shape index (κ2) is 7.58. The van der Waals surface area contributed by atoms with Crippen molar-refractivity contribution in [2.75, 3.05) is 19.4 Å². The van der Waals surface area contributed by atoms with E-state index in [1.807, 2.05) is 0 Å². The Morgan fingerprint density at radius 1 is 1.30 bits per heavy atom. The number of hydrogen-bond donors (Lipinski definition) is 1. The highest BCUT2D eigenvalue weighted by atomic mass is 32.2. The summed E-state index contributed by atoms with van der Waals surface area (Å²) in [6, 6.07) is -0.228. The van der Waals surface area contributed by atoms with Crippen LogP contribution in [-0.2, 0) is 24.3 Å². The summed E-state index contributed by atoms with van der Waals surface area (Å²) in [5.41, 5.74) is 0. The van der Waals surface area contributed by atoms with Crippen LogP contribution in [0.4, 0.5) is 0 Å². The summed E-state index contributed by atoms with van der Waals surface area (Å²) < 4.78 is 30.0. The standard InChI is InChI=1S/C12H21NO6S/c1-19-12(16)7-4-8-20(17,18)13(9-11(14)15)10-5-2-3-6-10/h10H,2-9H2,1H3,(H,14,15). The third kappa shape index (κ3) is 5.09. The SMILES string of the molecule is COC(=O)CCCS(=O)(=O)N(CC(=O)O)C1CCCC1. The molecule has 1 N–H and O–H groups in total. The molecule has 20 heavy (non-hydrogen) atoms. The Bertz CT molecular complexity index is 441. The van der Waals surface area contributed by atoms with E-state index in [-0.39, 0.29) is 24.6 Å². The van der Waals surface area contributed by atoms with Gasteiger partial charge >= 0.3 is 11.9 Å². The molecule has 0 saturated heterocycles. The number of esters is 1. The van der Waals surface area contributed by atoms with Crippen molar-refractivity contribution in [2.45, 2.75) is 44.6 Å². The molecule has 1 aliphatic rings. The van der Waals surface area contributed by atoms with E-state index in [1.54, 1.807) is 0 Å². The van der Waals surface area contributed by atoms with Crippen molar-refractivity contribution in [1.29, 1.82) is 0 Å². The quantitative estimate of drug-likeness (QED) is 0.659. The lowest BCUT2D eigenvalue weighted by Gasteiger charge is -2.26. The highest BCUT2D eigenvalue weighted by Crippen LogP contribution is 2.26. The predicted molar refractivity (Wildman–Crippen MR) is 71.6 cm³/mol. The molecule has 0 unspecified atom stereocenters. The minimum atomic E-state index is -3.66. The van der Waals surface area contributed by atoms with Crippen LogP contribution in [0.2, 0.25) is 0 Å². The number of carboxylic acid groups (broad SMARTS) is 1. The molecule has 0 atom stereocenters. The van der Waals surface area contributed by atoms with Gasteiger partial charge in [-0.1, -0.05) is 12.8 Å². The molecule has 0 aliphatic heterocycles. The maximum atomic E-state index is 12.2. The largest absolute Gasteiger partial charge is 0.480 e. The highest BCUT2D eigenvalue weighted by molar-refractivity contribution is 7.89. The van der Waals surface area contributed by atoms with Gasteiger partial charge in [-0.25, -0.2) is 8.42 Å². The molecule has 116 valence electrons. The number of carbonyl (C=O) groups is 2. The zero-order valence-electron chi connectivity index (χ0n) is 11.6. The summed E-state index contributed by atoms with van der Waals surface area (Å²) in [4.78, 5) is 21.8. The van der Waals surface area contributed by atoms with Crippen LogP contribution in [0, 0.1) is 0 Å². The summed E-state index contributed by atoms with van der Waals surface area (Å²) in [5.74, 6) is -1.86. The van der Waals surface area contributed by atoms with E-state index in [4.69, 9.17) is 5.11 Å². The van der Waals surface area contributed by atoms with Crippen molar-refractivity contribution < 1.29 is 27.9 Å². The Kier molecular flexibility index (Phi) is 6.41. The molecule has 0 radical (unpaired) electrons. The number of rotatable bonds is 8. The molecule has 8 heteroatoms. The van der Waals surface area contributed by atoms with Crippen LogP contribution in [0.3, 0.4) is 0 Å². The van der Waals surface area contributed by atoms with Gasteiger partial charge in [-0.05, 0) is 19.3 Å². The lowest BCUT2D eigenvalue weighted by Crippen LogP contribution is -2.43. The van der Waals surface area contributed by atoms with Gasteiger partial charge in [-0.3, -0.25) is 9.59 Å². The highest BCUT2D eigenvalue weighted by Gasteiger charge is 2.33. The Hall–Kier alpha value is -1.15. The molecule has 0 spiro atoms. The van der Waals surface area contributed by atoms with E-state index in [1.165, 1.54) is 7.11 Å². The van der Waals surface area contributed by atoms with Gasteiger partial charge in [0.15, 0.2) is 0 Å². The van der Waals surface area contributed by atoms with Crippen LogP contribution in [0.1, 0.15) is 38.5 Å². The lowest BCUT2D eigenvalue weighted by atomic mass is 10.2. The maximum absolute atomic E-state index is 12.2. The molecular weight excluding hydrogens is 286 g/mol. The molecule has 0 aromatic rings. The molecule has 7 nitrogen and oxygen atoms in total. The van der Waals surface area contributed by atoms with Gasteiger partial charge in [-0.15, -0.1) is 0 Å². The molecule has 1 fully saturated rings. The molecule has 0 bridgehead atoms. The van der Waals surface area contributed by atoms with Gasteiger partial charge in [0.25, 0.3) is 0 Å². The minimum Gasteiger partial charge on any atom is -0.480 e. The summed E-state index contributed by atoms with van der Waals surface area (Å²) >= 11 is 0. The van der Waals surface area contributed by atoms with E-state index >= 15 is 0 Å². The Balaban J connectivity index is 2.66. The molecule has 0 aromatic carbocycles. The molecule has 1 aliphatic carbocycles. The lowest BCUT2D eigenvalue weighted by molar-refractivity contribution is -0.140. The predicted octanol–water partition coefficient (Wildman–Crippen LogP) is 0.599. The molecule has 1 rings (SSSR count). The summed E-state index contributed by atoms with van der Waals surface area (Å²) in [5, 5.41) is 8.88. The van der Waals surface area contributed by atoms with Crippen LogP contribution in [-0.4, -0.2) is 55.2 Å². The average Bonchev–Trinajstić information content (AvgIpc) is 2.88.